The molecule has 0 spiro atoms. The minimum Gasteiger partial charge on any atom is -0.258 e. The fourth-order valence-electron chi connectivity index (χ4n) is 1.86. The first kappa shape index (κ1) is 21.6. The van der Waals surface area contributed by atoms with E-state index >= 15 is 0 Å². The van der Waals surface area contributed by atoms with E-state index in [0.29, 0.717) is 0 Å². The van der Waals surface area contributed by atoms with Crippen molar-refractivity contribution >= 4 is 11.6 Å². The number of halogens is 2. The molecule has 0 aliphatic heterocycles. The number of hydrogen-bond acceptors (Lipinski definition) is 16. The molecule has 22 heteroatoms. The first-order valence-corrected chi connectivity index (χ1v) is 7.10. The lowest BCUT2D eigenvalue weighted by Gasteiger charge is -2.11. The van der Waals surface area contributed by atoms with Crippen LogP contribution in [0.4, 0.5) is 20.6 Å². The van der Waals surface area contributed by atoms with Gasteiger partial charge in [-0.2, -0.15) is 10.2 Å². The minimum absolute atomic E-state index is 0.625. The second-order valence-corrected chi connectivity index (χ2v) is 5.06. The molecule has 0 aliphatic rings. The molecule has 2 heterocycles. The van der Waals surface area contributed by atoms with Gasteiger partial charge in [0.15, 0.2) is 24.5 Å². The van der Waals surface area contributed by atoms with Crippen LogP contribution in [-0.4, -0.2) is 65.7 Å². The fourth-order valence-corrected chi connectivity index (χ4v) is 1.86. The van der Waals surface area contributed by atoms with Gasteiger partial charge in [-0.15, -0.1) is 0 Å². The van der Waals surface area contributed by atoms with E-state index < -0.39 is 78.4 Å². The van der Waals surface area contributed by atoms with Gasteiger partial charge in [-0.3, -0.25) is 40.5 Å². The van der Waals surface area contributed by atoms with Crippen LogP contribution in [0.15, 0.2) is 9.26 Å². The second-order valence-electron chi connectivity index (χ2n) is 5.06. The Morgan fingerprint density at radius 2 is 1.00 bits per heavy atom. The number of rotatable bonds is 11. The number of hydrogen-bond donors (Lipinski definition) is 0. The van der Waals surface area contributed by atoms with Crippen LogP contribution in [-0.2, 0) is 0 Å². The highest BCUT2D eigenvalue weighted by Crippen LogP contribution is 2.33. The van der Waals surface area contributed by atoms with Crippen molar-refractivity contribution in [2.45, 2.75) is 12.3 Å². The lowest BCUT2D eigenvalue weighted by Crippen LogP contribution is -2.39. The van der Waals surface area contributed by atoms with Gasteiger partial charge in [0.1, 0.15) is 0 Å². The van der Waals surface area contributed by atoms with Crippen molar-refractivity contribution in [1.82, 2.24) is 20.6 Å². The molecule has 0 N–H and O–H groups in total. The smallest absolute Gasteiger partial charge is 0.258 e. The molecule has 30 heavy (non-hydrogen) atoms. The van der Waals surface area contributed by atoms with Crippen LogP contribution in [0, 0.1) is 40.5 Å². The van der Waals surface area contributed by atoms with E-state index in [1.54, 1.807) is 0 Å². The van der Waals surface area contributed by atoms with Crippen molar-refractivity contribution in [3.63, 3.8) is 0 Å². The Labute approximate surface area is 159 Å². The molecule has 0 unspecified atom stereocenters. The Bertz CT molecular complexity index is 860. The third kappa shape index (κ3) is 4.42. The van der Waals surface area contributed by atoms with Gasteiger partial charge in [0.25, 0.3) is 0 Å². The number of nitrogens with zero attached hydrogens (tertiary/aromatic N) is 10. The van der Waals surface area contributed by atoms with Crippen LogP contribution in [0.5, 0.6) is 0 Å². The van der Waals surface area contributed by atoms with Crippen molar-refractivity contribution in [2.75, 3.05) is 23.3 Å². The van der Waals surface area contributed by atoms with Gasteiger partial charge >= 0.3 is 12.3 Å². The number of anilines is 2. The Hall–Kier alpha value is -4.66. The largest absolute Gasteiger partial charge is 0.470 e. The molecular weight excluding hydrogens is 434 g/mol. The Kier molecular flexibility index (Phi) is 6.18. The summed E-state index contributed by atoms with van der Waals surface area (Å²) in [6.07, 6.45) is -5.26. The molecule has 0 radical (unpaired) electrons. The highest BCUT2D eigenvalue weighted by atomic mass is 19.2. The zero-order valence-corrected chi connectivity index (χ0v) is 13.9. The fraction of sp³-hybridized carbons (Fsp3) is 0.500. The van der Waals surface area contributed by atoms with Crippen LogP contribution in [0.2, 0.25) is 0 Å². The van der Waals surface area contributed by atoms with Crippen molar-refractivity contribution in [3.8, 4) is 11.4 Å². The number of aromatic nitrogens is 4. The third-order valence-electron chi connectivity index (χ3n) is 3.25. The summed E-state index contributed by atoms with van der Waals surface area (Å²) in [6.45, 7) is -2.96. The molecule has 0 atom stereocenters. The third-order valence-corrected chi connectivity index (χ3v) is 3.25. The quantitative estimate of drug-likeness (QED) is 0.180. The summed E-state index contributed by atoms with van der Waals surface area (Å²) in [5.41, 5.74) is -1.67. The SMILES string of the molecule is O=[N+]([O-])C(CN(F)c1nonc1-c1nonc1N(F)CC([N+](=O)[O-])[N+](=O)[O-])[N+](=O)[O-]. The molecule has 0 saturated heterocycles. The molecule has 0 amide bonds. The van der Waals surface area contributed by atoms with Crippen LogP contribution in [0.3, 0.4) is 0 Å². The summed E-state index contributed by atoms with van der Waals surface area (Å²) in [6, 6.07) is 0. The average molecular weight is 440 g/mol. The van der Waals surface area contributed by atoms with Gasteiger partial charge in [-0.05, 0) is 20.6 Å². The summed E-state index contributed by atoms with van der Waals surface area (Å²) < 4.78 is 36.9. The maximum absolute atomic E-state index is 14.2. The van der Waals surface area contributed by atoms with E-state index in [-0.39, 0.29) is 0 Å². The number of nitro groups is 4. The zero-order chi connectivity index (χ0) is 22.6. The standard InChI is InChI=1S/C8H6F2N10O10/c9-15(1-3(17(21)22)18(23)24)7-5(11-29-13-7)6-8(14-30-12-6)16(10)2-4(19(25)26)20(27)28/h3-4H,1-2H2. The summed E-state index contributed by atoms with van der Waals surface area (Å²) in [5.74, 6) is -2.09. The van der Waals surface area contributed by atoms with Crippen molar-refractivity contribution in [3.05, 3.63) is 40.5 Å². The summed E-state index contributed by atoms with van der Waals surface area (Å²) >= 11 is 0. The second kappa shape index (κ2) is 8.57. The Morgan fingerprint density at radius 3 is 1.27 bits per heavy atom. The van der Waals surface area contributed by atoms with Gasteiger partial charge in [-0.1, -0.05) is 8.96 Å². The van der Waals surface area contributed by atoms with E-state index in [4.69, 9.17) is 0 Å². The molecule has 20 nitrogen and oxygen atoms in total. The monoisotopic (exact) mass is 440 g/mol. The molecule has 162 valence electrons. The van der Waals surface area contributed by atoms with E-state index in [1.165, 1.54) is 0 Å². The molecule has 2 rings (SSSR count). The normalized spacial score (nSPS) is 10.9. The van der Waals surface area contributed by atoms with Crippen molar-refractivity contribution < 1.29 is 37.9 Å². The van der Waals surface area contributed by atoms with Crippen LogP contribution >= 0.6 is 0 Å². The van der Waals surface area contributed by atoms with Gasteiger partial charge < -0.3 is 0 Å². The molecule has 0 aliphatic carbocycles. The highest BCUT2D eigenvalue weighted by molar-refractivity contribution is 5.75. The first-order chi connectivity index (χ1) is 14.0. The van der Waals surface area contributed by atoms with Crippen LogP contribution in [0.1, 0.15) is 0 Å². The highest BCUT2D eigenvalue weighted by Gasteiger charge is 2.40. The van der Waals surface area contributed by atoms with Gasteiger partial charge in [-0.25, -0.2) is 9.26 Å². The van der Waals surface area contributed by atoms with E-state index in [2.05, 4.69) is 29.9 Å². The Morgan fingerprint density at radius 1 is 0.700 bits per heavy atom. The van der Waals surface area contributed by atoms with Crippen LogP contribution in [0.25, 0.3) is 11.4 Å². The summed E-state index contributed by atoms with van der Waals surface area (Å²) in [4.78, 5) is 36.9. The average Bonchev–Trinajstić information content (AvgIpc) is 3.31. The lowest BCUT2D eigenvalue weighted by atomic mass is 10.3. The molecule has 0 fully saturated rings. The Balaban J connectivity index is 2.32. The van der Waals surface area contributed by atoms with E-state index in [1.807, 2.05) is 0 Å². The van der Waals surface area contributed by atoms with Gasteiger partial charge in [0.2, 0.25) is 11.6 Å². The van der Waals surface area contributed by atoms with E-state index in [0.717, 1.165) is 0 Å². The molecular formula is C8H6F2N10O10. The van der Waals surface area contributed by atoms with Gasteiger partial charge in [0.05, 0.1) is 19.7 Å². The topological polar surface area (TPSA) is 257 Å². The summed E-state index contributed by atoms with van der Waals surface area (Å²) in [5, 5.41) is 53.5. The van der Waals surface area contributed by atoms with Crippen molar-refractivity contribution in [1.29, 1.82) is 0 Å². The predicted molar refractivity (Wildman–Crippen MR) is 80.1 cm³/mol. The molecule has 2 aromatic rings. The van der Waals surface area contributed by atoms with E-state index in [9.17, 15) is 49.4 Å². The maximum atomic E-state index is 14.2. The summed E-state index contributed by atoms with van der Waals surface area (Å²) in [7, 11) is 0. The minimum atomic E-state index is -2.63. The van der Waals surface area contributed by atoms with Crippen molar-refractivity contribution in [2.24, 2.45) is 0 Å². The molecule has 0 bridgehead atoms. The maximum Gasteiger partial charge on any atom is 0.470 e. The van der Waals surface area contributed by atoms with Gasteiger partial charge in [0, 0.05) is 0 Å². The molecule has 2 aromatic heterocycles. The predicted octanol–water partition coefficient (Wildman–Crippen LogP) is -0.740. The zero-order valence-electron chi connectivity index (χ0n) is 13.9. The lowest BCUT2D eigenvalue weighted by molar-refractivity contribution is -0.739. The first-order valence-electron chi connectivity index (χ1n) is 7.10. The van der Waals surface area contributed by atoms with Crippen LogP contribution < -0.4 is 10.2 Å². The molecule has 0 saturated carbocycles. The molecule has 0 aromatic carbocycles.